The molecule has 1 aliphatic rings. The van der Waals surface area contributed by atoms with Crippen LogP contribution < -0.4 is 5.32 Å². The molecule has 3 heterocycles. The van der Waals surface area contributed by atoms with E-state index in [0.29, 0.717) is 25.1 Å². The second kappa shape index (κ2) is 8.57. The predicted molar refractivity (Wildman–Crippen MR) is 94.2 cm³/mol. The maximum atomic E-state index is 12.3. The van der Waals surface area contributed by atoms with E-state index in [2.05, 4.69) is 20.5 Å². The molecule has 1 aliphatic heterocycles. The number of amides is 2. The number of aromatic amines is 1. The standard InChI is InChI=1S/C18H23N5O3/c24-16-12-23(17(25)6-3-4-13-10-20-21-11-13)9-7-14(16)22-18(26)15-5-1-2-8-19-15/h1-2,5,8,10-11,14,16,24H,3-4,6-7,9,12H2,(H,20,21)(H,22,26)/t14-,16-/m1/s1. The summed E-state index contributed by atoms with van der Waals surface area (Å²) in [5.74, 6) is -0.281. The molecule has 2 amide bonds. The van der Waals surface area contributed by atoms with Gasteiger partial charge in [-0.3, -0.25) is 19.7 Å². The molecule has 2 aromatic rings. The van der Waals surface area contributed by atoms with Crippen LogP contribution in [-0.4, -0.2) is 62.2 Å². The van der Waals surface area contributed by atoms with E-state index in [0.717, 1.165) is 18.4 Å². The summed E-state index contributed by atoms with van der Waals surface area (Å²) in [6, 6.07) is 4.73. The van der Waals surface area contributed by atoms with Crippen molar-refractivity contribution in [2.75, 3.05) is 13.1 Å². The van der Waals surface area contributed by atoms with Crippen LogP contribution in [-0.2, 0) is 11.2 Å². The van der Waals surface area contributed by atoms with Crippen LogP contribution in [0, 0.1) is 0 Å². The third kappa shape index (κ3) is 4.66. The Morgan fingerprint density at radius 3 is 2.96 bits per heavy atom. The van der Waals surface area contributed by atoms with Crippen LogP contribution in [0.1, 0.15) is 35.3 Å². The number of hydrogen-bond donors (Lipinski definition) is 3. The van der Waals surface area contributed by atoms with Gasteiger partial charge in [-0.15, -0.1) is 0 Å². The van der Waals surface area contributed by atoms with Gasteiger partial charge in [-0.2, -0.15) is 5.10 Å². The average Bonchev–Trinajstić information content (AvgIpc) is 3.17. The van der Waals surface area contributed by atoms with E-state index in [9.17, 15) is 14.7 Å². The molecular formula is C18H23N5O3. The lowest BCUT2D eigenvalue weighted by Gasteiger charge is -2.36. The van der Waals surface area contributed by atoms with Gasteiger partial charge in [0.15, 0.2) is 0 Å². The molecule has 2 aromatic heterocycles. The monoisotopic (exact) mass is 357 g/mol. The Morgan fingerprint density at radius 2 is 2.27 bits per heavy atom. The summed E-state index contributed by atoms with van der Waals surface area (Å²) in [5.41, 5.74) is 1.39. The first-order chi connectivity index (χ1) is 12.6. The molecule has 3 N–H and O–H groups in total. The fraction of sp³-hybridized carbons (Fsp3) is 0.444. The Bertz CT molecular complexity index is 720. The van der Waals surface area contributed by atoms with Crippen molar-refractivity contribution in [2.45, 2.75) is 37.8 Å². The summed E-state index contributed by atoms with van der Waals surface area (Å²) in [4.78, 5) is 30.1. The minimum absolute atomic E-state index is 0.0297. The summed E-state index contributed by atoms with van der Waals surface area (Å²) >= 11 is 0. The summed E-state index contributed by atoms with van der Waals surface area (Å²) in [7, 11) is 0. The predicted octanol–water partition coefficient (Wildman–Crippen LogP) is 0.519. The summed E-state index contributed by atoms with van der Waals surface area (Å²) < 4.78 is 0. The van der Waals surface area contributed by atoms with Gasteiger partial charge in [0.2, 0.25) is 5.91 Å². The van der Waals surface area contributed by atoms with Crippen LogP contribution in [0.4, 0.5) is 0 Å². The maximum Gasteiger partial charge on any atom is 0.270 e. The van der Waals surface area contributed by atoms with Crippen LogP contribution in [0.5, 0.6) is 0 Å². The zero-order chi connectivity index (χ0) is 18.4. The molecule has 8 heteroatoms. The van der Waals surface area contributed by atoms with Crippen molar-refractivity contribution in [1.29, 1.82) is 0 Å². The van der Waals surface area contributed by atoms with E-state index in [-0.39, 0.29) is 24.4 Å². The van der Waals surface area contributed by atoms with Gasteiger partial charge in [0.05, 0.1) is 18.3 Å². The quantitative estimate of drug-likeness (QED) is 0.698. The third-order valence-electron chi connectivity index (χ3n) is 4.56. The Morgan fingerprint density at radius 1 is 1.38 bits per heavy atom. The van der Waals surface area contributed by atoms with E-state index in [1.165, 1.54) is 0 Å². The van der Waals surface area contributed by atoms with Gasteiger partial charge in [0.25, 0.3) is 5.91 Å². The number of H-pyrrole nitrogens is 1. The number of pyridine rings is 1. The lowest BCUT2D eigenvalue weighted by Crippen LogP contribution is -2.55. The first kappa shape index (κ1) is 18.1. The van der Waals surface area contributed by atoms with Crippen molar-refractivity contribution in [3.8, 4) is 0 Å². The van der Waals surface area contributed by atoms with E-state index < -0.39 is 6.10 Å². The second-order valence-corrected chi connectivity index (χ2v) is 6.45. The Hall–Kier alpha value is -2.74. The molecule has 0 aromatic carbocycles. The number of nitrogens with zero attached hydrogens (tertiary/aromatic N) is 3. The van der Waals surface area contributed by atoms with Crippen LogP contribution >= 0.6 is 0 Å². The molecule has 0 saturated carbocycles. The van der Waals surface area contributed by atoms with Crippen molar-refractivity contribution >= 4 is 11.8 Å². The number of aliphatic hydroxyl groups is 1. The molecule has 3 rings (SSSR count). The number of hydrogen-bond acceptors (Lipinski definition) is 5. The van der Waals surface area contributed by atoms with E-state index in [1.807, 2.05) is 6.20 Å². The fourth-order valence-corrected chi connectivity index (χ4v) is 3.08. The third-order valence-corrected chi connectivity index (χ3v) is 4.56. The first-order valence-corrected chi connectivity index (χ1v) is 8.79. The Kier molecular flexibility index (Phi) is 5.96. The van der Waals surface area contributed by atoms with Crippen molar-refractivity contribution in [2.24, 2.45) is 0 Å². The fourth-order valence-electron chi connectivity index (χ4n) is 3.08. The smallest absolute Gasteiger partial charge is 0.270 e. The molecule has 1 saturated heterocycles. The summed E-state index contributed by atoms with van der Waals surface area (Å²) in [6.45, 7) is 0.756. The number of carbonyl (C=O) groups excluding carboxylic acids is 2. The molecular weight excluding hydrogens is 334 g/mol. The van der Waals surface area contributed by atoms with Crippen molar-refractivity contribution in [1.82, 2.24) is 25.4 Å². The number of aromatic nitrogens is 3. The Balaban J connectivity index is 1.44. The van der Waals surface area contributed by atoms with Gasteiger partial charge < -0.3 is 15.3 Å². The van der Waals surface area contributed by atoms with Gasteiger partial charge >= 0.3 is 0 Å². The highest BCUT2D eigenvalue weighted by atomic mass is 16.3. The normalized spacial score (nSPS) is 20.0. The van der Waals surface area contributed by atoms with E-state index >= 15 is 0 Å². The molecule has 0 radical (unpaired) electrons. The zero-order valence-electron chi connectivity index (χ0n) is 14.5. The molecule has 2 atom stereocenters. The molecule has 8 nitrogen and oxygen atoms in total. The summed E-state index contributed by atoms with van der Waals surface area (Å²) in [6.07, 6.45) is 6.83. The molecule has 0 bridgehead atoms. The number of aryl methyl sites for hydroxylation is 1. The van der Waals surface area contributed by atoms with Crippen LogP contribution in [0.15, 0.2) is 36.8 Å². The minimum atomic E-state index is -0.783. The SMILES string of the molecule is O=C(N[C@@H]1CCN(C(=O)CCCc2cn[nH]c2)C[C@H]1O)c1ccccn1. The number of β-amino-alcohol motifs (C(OH)–C–C–N with tert-alkyl or cyclic N) is 1. The molecule has 138 valence electrons. The number of aliphatic hydroxyl groups excluding tert-OH is 1. The highest BCUT2D eigenvalue weighted by molar-refractivity contribution is 5.92. The summed E-state index contributed by atoms with van der Waals surface area (Å²) in [5, 5.41) is 19.8. The van der Waals surface area contributed by atoms with Gasteiger partial charge in [-0.05, 0) is 37.0 Å². The maximum absolute atomic E-state index is 12.3. The zero-order valence-corrected chi connectivity index (χ0v) is 14.5. The first-order valence-electron chi connectivity index (χ1n) is 8.79. The van der Waals surface area contributed by atoms with Crippen molar-refractivity contribution in [3.63, 3.8) is 0 Å². The number of piperidine rings is 1. The number of likely N-dealkylation sites (tertiary alicyclic amines) is 1. The van der Waals surface area contributed by atoms with E-state index in [4.69, 9.17) is 0 Å². The average molecular weight is 357 g/mol. The number of nitrogens with one attached hydrogen (secondary N) is 2. The molecule has 1 fully saturated rings. The largest absolute Gasteiger partial charge is 0.389 e. The highest BCUT2D eigenvalue weighted by Crippen LogP contribution is 2.14. The topological polar surface area (TPSA) is 111 Å². The van der Waals surface area contributed by atoms with Gasteiger partial charge in [0, 0.05) is 31.9 Å². The highest BCUT2D eigenvalue weighted by Gasteiger charge is 2.31. The van der Waals surface area contributed by atoms with Crippen LogP contribution in [0.2, 0.25) is 0 Å². The van der Waals surface area contributed by atoms with Crippen molar-refractivity contribution < 1.29 is 14.7 Å². The minimum Gasteiger partial charge on any atom is -0.389 e. The van der Waals surface area contributed by atoms with Gasteiger partial charge in [-0.1, -0.05) is 6.07 Å². The molecule has 26 heavy (non-hydrogen) atoms. The molecule has 0 unspecified atom stereocenters. The van der Waals surface area contributed by atoms with Crippen molar-refractivity contribution in [3.05, 3.63) is 48.0 Å². The lowest BCUT2D eigenvalue weighted by molar-refractivity contribution is -0.134. The molecule has 0 spiro atoms. The van der Waals surface area contributed by atoms with Crippen LogP contribution in [0.3, 0.4) is 0 Å². The van der Waals surface area contributed by atoms with Crippen LogP contribution in [0.25, 0.3) is 0 Å². The van der Waals surface area contributed by atoms with E-state index in [1.54, 1.807) is 35.5 Å². The molecule has 0 aliphatic carbocycles. The Labute approximate surface area is 151 Å². The second-order valence-electron chi connectivity index (χ2n) is 6.45. The number of carbonyl (C=O) groups is 2. The number of rotatable bonds is 6. The lowest BCUT2D eigenvalue weighted by atomic mass is 10.0. The van der Waals surface area contributed by atoms with Gasteiger partial charge in [-0.25, -0.2) is 0 Å². The van der Waals surface area contributed by atoms with Gasteiger partial charge in [0.1, 0.15) is 5.69 Å².